The van der Waals surface area contributed by atoms with E-state index in [1.807, 2.05) is 37.3 Å². The van der Waals surface area contributed by atoms with Gasteiger partial charge in [-0.15, -0.1) is 0 Å². The molecule has 2 aromatic rings. The number of esters is 1. The van der Waals surface area contributed by atoms with Gasteiger partial charge in [0.05, 0.1) is 17.8 Å². The minimum absolute atomic E-state index is 0.0469. The molecule has 0 radical (unpaired) electrons. The van der Waals surface area contributed by atoms with E-state index in [9.17, 15) is 22.8 Å². The molecule has 34 heavy (non-hydrogen) atoms. The molecule has 1 aromatic heterocycles. The van der Waals surface area contributed by atoms with Crippen molar-refractivity contribution in [3.05, 3.63) is 60.1 Å². The lowest BCUT2D eigenvalue weighted by Gasteiger charge is -2.28. The zero-order chi connectivity index (χ0) is 24.6. The number of hydrogen-bond acceptors (Lipinski definition) is 7. The molecule has 0 bridgehead atoms. The zero-order valence-corrected chi connectivity index (χ0v) is 20.0. The van der Waals surface area contributed by atoms with Crippen molar-refractivity contribution in [3.63, 3.8) is 0 Å². The standard InChI is InChI=1S/C24H30N2O7S/c1-2-3-12-26(19-11-14-34(30,31)17-19)22(27)16-33-24(29)20(15-18-8-5-4-6-9-18)25-23(28)21-10-7-13-32-21/h4-10,13,19-20H,2-3,11-12,14-17H2,1H3,(H,25,28). The van der Waals surface area contributed by atoms with Crippen LogP contribution in [-0.2, 0) is 30.6 Å². The fourth-order valence-electron chi connectivity index (χ4n) is 3.86. The highest BCUT2D eigenvalue weighted by atomic mass is 32.2. The van der Waals surface area contributed by atoms with Gasteiger partial charge in [0.1, 0.15) is 6.04 Å². The first-order valence-electron chi connectivity index (χ1n) is 11.3. The lowest BCUT2D eigenvalue weighted by Crippen LogP contribution is -2.46. The second-order valence-electron chi connectivity index (χ2n) is 8.30. The smallest absolute Gasteiger partial charge is 0.329 e. The second-order valence-corrected chi connectivity index (χ2v) is 10.5. The van der Waals surface area contributed by atoms with E-state index in [4.69, 9.17) is 9.15 Å². The molecule has 2 atom stereocenters. The molecule has 1 aliphatic rings. The van der Waals surface area contributed by atoms with Crippen LogP contribution in [0.1, 0.15) is 42.3 Å². The van der Waals surface area contributed by atoms with E-state index in [1.165, 1.54) is 17.2 Å². The first-order chi connectivity index (χ1) is 16.3. The molecule has 0 saturated carbocycles. The van der Waals surface area contributed by atoms with Crippen molar-refractivity contribution < 1.29 is 32.0 Å². The summed E-state index contributed by atoms with van der Waals surface area (Å²) in [5.41, 5.74) is 0.802. The molecule has 2 amide bonds. The van der Waals surface area contributed by atoms with E-state index in [0.717, 1.165) is 12.0 Å². The summed E-state index contributed by atoms with van der Waals surface area (Å²) in [5, 5.41) is 2.61. The average molecular weight is 491 g/mol. The minimum atomic E-state index is -3.17. The van der Waals surface area contributed by atoms with Crippen LogP contribution in [0.2, 0.25) is 0 Å². The fraction of sp³-hybridized carbons (Fsp3) is 0.458. The van der Waals surface area contributed by atoms with Crippen LogP contribution < -0.4 is 5.32 Å². The third-order valence-electron chi connectivity index (χ3n) is 5.68. The van der Waals surface area contributed by atoms with Gasteiger partial charge in [0.15, 0.2) is 22.2 Å². The van der Waals surface area contributed by atoms with Gasteiger partial charge in [-0.3, -0.25) is 9.59 Å². The average Bonchev–Trinajstić information content (AvgIpc) is 3.48. The third kappa shape index (κ3) is 7.18. The highest BCUT2D eigenvalue weighted by molar-refractivity contribution is 7.91. The number of amides is 2. The number of nitrogens with one attached hydrogen (secondary N) is 1. The van der Waals surface area contributed by atoms with Gasteiger partial charge in [0.25, 0.3) is 11.8 Å². The van der Waals surface area contributed by atoms with Crippen molar-refractivity contribution in [2.45, 2.75) is 44.7 Å². The summed E-state index contributed by atoms with van der Waals surface area (Å²) >= 11 is 0. The summed E-state index contributed by atoms with van der Waals surface area (Å²) in [4.78, 5) is 39.8. The number of sulfone groups is 1. The number of unbranched alkanes of at least 4 members (excludes halogenated alkanes) is 1. The third-order valence-corrected chi connectivity index (χ3v) is 7.43. The van der Waals surface area contributed by atoms with Crippen molar-refractivity contribution >= 4 is 27.6 Å². The van der Waals surface area contributed by atoms with Crippen molar-refractivity contribution in [2.75, 3.05) is 24.7 Å². The molecule has 2 unspecified atom stereocenters. The number of carbonyl (C=O) groups excluding carboxylic acids is 3. The van der Waals surface area contributed by atoms with E-state index in [-0.39, 0.29) is 23.7 Å². The lowest BCUT2D eigenvalue weighted by atomic mass is 10.1. The Kier molecular flexibility index (Phi) is 8.86. The summed E-state index contributed by atoms with van der Waals surface area (Å²) in [7, 11) is -3.17. The predicted octanol–water partition coefficient (Wildman–Crippen LogP) is 1.98. The molecule has 9 nitrogen and oxygen atoms in total. The molecule has 2 heterocycles. The minimum Gasteiger partial charge on any atom is -0.459 e. The molecule has 0 aliphatic carbocycles. The van der Waals surface area contributed by atoms with Crippen molar-refractivity contribution in [1.29, 1.82) is 0 Å². The van der Waals surface area contributed by atoms with Crippen molar-refractivity contribution in [2.24, 2.45) is 0 Å². The first kappa shape index (κ1) is 25.5. The van der Waals surface area contributed by atoms with Crippen LogP contribution in [0.3, 0.4) is 0 Å². The summed E-state index contributed by atoms with van der Waals surface area (Å²) in [6.07, 6.45) is 3.45. The second kappa shape index (κ2) is 11.8. The van der Waals surface area contributed by atoms with Crippen LogP contribution in [0.4, 0.5) is 0 Å². The Morgan fingerprint density at radius 3 is 2.56 bits per heavy atom. The van der Waals surface area contributed by atoms with Gasteiger partial charge >= 0.3 is 5.97 Å². The molecule has 1 fully saturated rings. The van der Waals surface area contributed by atoms with Crippen LogP contribution in [0, 0.1) is 0 Å². The van der Waals surface area contributed by atoms with E-state index in [0.29, 0.717) is 19.4 Å². The van der Waals surface area contributed by atoms with Crippen LogP contribution in [0.5, 0.6) is 0 Å². The molecule has 1 aliphatic heterocycles. The topological polar surface area (TPSA) is 123 Å². The molecule has 3 rings (SSSR count). The van der Waals surface area contributed by atoms with E-state index >= 15 is 0 Å². The van der Waals surface area contributed by atoms with Crippen LogP contribution in [0.25, 0.3) is 0 Å². The van der Waals surface area contributed by atoms with Gasteiger partial charge in [-0.1, -0.05) is 43.7 Å². The number of carbonyl (C=O) groups is 3. The van der Waals surface area contributed by atoms with Gasteiger partial charge in [-0.25, -0.2) is 13.2 Å². The van der Waals surface area contributed by atoms with Gasteiger partial charge in [-0.2, -0.15) is 0 Å². The Hall–Kier alpha value is -3.14. The maximum absolute atomic E-state index is 12.9. The van der Waals surface area contributed by atoms with Crippen LogP contribution in [-0.4, -0.2) is 67.8 Å². The summed E-state index contributed by atoms with van der Waals surface area (Å²) in [6, 6.07) is 10.7. The van der Waals surface area contributed by atoms with Crippen LogP contribution >= 0.6 is 0 Å². The molecule has 1 N–H and O–H groups in total. The predicted molar refractivity (Wildman–Crippen MR) is 125 cm³/mol. The molecule has 10 heteroatoms. The first-order valence-corrected chi connectivity index (χ1v) is 13.2. The number of benzene rings is 1. The van der Waals surface area contributed by atoms with Gasteiger partial charge in [0.2, 0.25) is 0 Å². The Morgan fingerprint density at radius 2 is 1.94 bits per heavy atom. The lowest BCUT2D eigenvalue weighted by molar-refractivity contribution is -0.154. The normalized spacial score (nSPS) is 17.6. The summed E-state index contributed by atoms with van der Waals surface area (Å²) in [5.74, 6) is -1.76. The molecule has 184 valence electrons. The zero-order valence-electron chi connectivity index (χ0n) is 19.1. The highest BCUT2D eigenvalue weighted by Crippen LogP contribution is 2.19. The Morgan fingerprint density at radius 1 is 1.18 bits per heavy atom. The highest BCUT2D eigenvalue weighted by Gasteiger charge is 2.35. The van der Waals surface area contributed by atoms with Gasteiger partial charge in [0, 0.05) is 19.0 Å². The molecular weight excluding hydrogens is 460 g/mol. The Labute approximate surface area is 199 Å². The molecule has 1 aromatic carbocycles. The molecular formula is C24H30N2O7S. The SMILES string of the molecule is CCCCN(C(=O)COC(=O)C(Cc1ccccc1)NC(=O)c1ccco1)C1CCS(=O)(=O)C1. The summed E-state index contributed by atoms with van der Waals surface area (Å²) < 4.78 is 34.2. The number of nitrogens with zero attached hydrogens (tertiary/aromatic N) is 1. The van der Waals surface area contributed by atoms with E-state index < -0.39 is 46.3 Å². The number of furan rings is 1. The fourth-order valence-corrected chi connectivity index (χ4v) is 5.59. The van der Waals surface area contributed by atoms with Gasteiger partial charge < -0.3 is 19.4 Å². The molecule has 1 saturated heterocycles. The van der Waals surface area contributed by atoms with Crippen molar-refractivity contribution in [3.8, 4) is 0 Å². The van der Waals surface area contributed by atoms with Crippen LogP contribution in [0.15, 0.2) is 53.1 Å². The van der Waals surface area contributed by atoms with Crippen molar-refractivity contribution in [1.82, 2.24) is 10.2 Å². The largest absolute Gasteiger partial charge is 0.459 e. The van der Waals surface area contributed by atoms with E-state index in [2.05, 4.69) is 5.32 Å². The van der Waals surface area contributed by atoms with Gasteiger partial charge in [-0.05, 0) is 30.5 Å². The quantitative estimate of drug-likeness (QED) is 0.478. The number of ether oxygens (including phenoxy) is 1. The Bertz CT molecular complexity index is 1070. The maximum Gasteiger partial charge on any atom is 0.329 e. The number of rotatable bonds is 11. The maximum atomic E-state index is 12.9. The number of hydrogen-bond donors (Lipinski definition) is 1. The molecule has 0 spiro atoms. The monoisotopic (exact) mass is 490 g/mol. The summed E-state index contributed by atoms with van der Waals surface area (Å²) in [6.45, 7) is 1.85. The van der Waals surface area contributed by atoms with E-state index in [1.54, 1.807) is 6.07 Å². The Balaban J connectivity index is 1.66.